The third-order valence-corrected chi connectivity index (χ3v) is 4.10. The maximum atomic E-state index is 5.94. The molecule has 1 aromatic rings. The topological polar surface area (TPSA) is 38.5 Å². The predicted octanol–water partition coefficient (Wildman–Crippen LogP) is 3.47. The number of anilines is 1. The van der Waals surface area contributed by atoms with Crippen LogP contribution in [0.1, 0.15) is 39.3 Å². The highest BCUT2D eigenvalue weighted by molar-refractivity contribution is 9.10. The average molecular weight is 327 g/mol. The molecule has 1 aliphatic rings. The Bertz CT molecular complexity index is 459. The molecule has 2 rings (SSSR count). The van der Waals surface area contributed by atoms with E-state index in [4.69, 9.17) is 10.5 Å². The van der Waals surface area contributed by atoms with Crippen LogP contribution in [0.5, 0.6) is 0 Å². The SMILES string of the molecule is CC1CN(c2ccc(C(C)N)c(Br)c2)CC(C)(C)O1. The van der Waals surface area contributed by atoms with Gasteiger partial charge in [0.1, 0.15) is 0 Å². The summed E-state index contributed by atoms with van der Waals surface area (Å²) in [6.07, 6.45) is 0.246. The van der Waals surface area contributed by atoms with Gasteiger partial charge in [-0.15, -0.1) is 0 Å². The van der Waals surface area contributed by atoms with Crippen LogP contribution in [0.25, 0.3) is 0 Å². The van der Waals surface area contributed by atoms with E-state index in [2.05, 4.69) is 59.8 Å². The van der Waals surface area contributed by atoms with E-state index in [0.717, 1.165) is 23.1 Å². The number of ether oxygens (including phenoxy) is 1. The van der Waals surface area contributed by atoms with E-state index < -0.39 is 0 Å². The molecule has 106 valence electrons. The summed E-state index contributed by atoms with van der Waals surface area (Å²) in [6, 6.07) is 6.46. The quantitative estimate of drug-likeness (QED) is 0.904. The molecule has 4 heteroatoms. The van der Waals surface area contributed by atoms with Crippen molar-refractivity contribution >= 4 is 21.6 Å². The highest BCUT2D eigenvalue weighted by Gasteiger charge is 2.31. The van der Waals surface area contributed by atoms with E-state index in [9.17, 15) is 0 Å². The molecule has 2 unspecified atom stereocenters. The summed E-state index contributed by atoms with van der Waals surface area (Å²) in [6.45, 7) is 10.2. The summed E-state index contributed by atoms with van der Waals surface area (Å²) < 4.78 is 7.02. The van der Waals surface area contributed by atoms with Gasteiger partial charge in [-0.25, -0.2) is 0 Å². The van der Waals surface area contributed by atoms with Crippen molar-refractivity contribution in [1.29, 1.82) is 0 Å². The van der Waals surface area contributed by atoms with Crippen LogP contribution in [0.4, 0.5) is 5.69 Å². The molecule has 1 heterocycles. The number of benzene rings is 1. The summed E-state index contributed by atoms with van der Waals surface area (Å²) in [5.74, 6) is 0. The van der Waals surface area contributed by atoms with Gasteiger partial charge in [0.15, 0.2) is 0 Å². The second-order valence-corrected chi connectivity index (χ2v) is 6.92. The standard InChI is InChI=1S/C15H23BrN2O/c1-10-8-18(9-15(3,4)19-10)12-5-6-13(11(2)17)14(16)7-12/h5-7,10-11H,8-9,17H2,1-4H3. The highest BCUT2D eigenvalue weighted by atomic mass is 79.9. The molecule has 0 aliphatic carbocycles. The lowest BCUT2D eigenvalue weighted by atomic mass is 10.0. The van der Waals surface area contributed by atoms with E-state index in [-0.39, 0.29) is 17.7 Å². The first-order valence-corrected chi connectivity index (χ1v) is 7.55. The van der Waals surface area contributed by atoms with Crippen LogP contribution in [-0.2, 0) is 4.74 Å². The molecule has 19 heavy (non-hydrogen) atoms. The van der Waals surface area contributed by atoms with Crippen LogP contribution in [0, 0.1) is 0 Å². The second kappa shape index (κ2) is 5.43. The highest BCUT2D eigenvalue weighted by Crippen LogP contribution is 2.31. The Morgan fingerprint density at radius 1 is 1.47 bits per heavy atom. The number of hydrogen-bond acceptors (Lipinski definition) is 3. The minimum Gasteiger partial charge on any atom is -0.369 e. The number of nitrogens with two attached hydrogens (primary N) is 1. The summed E-state index contributed by atoms with van der Waals surface area (Å²) in [7, 11) is 0. The van der Waals surface area contributed by atoms with Crippen LogP contribution in [0.15, 0.2) is 22.7 Å². The van der Waals surface area contributed by atoms with Gasteiger partial charge in [-0.3, -0.25) is 0 Å². The summed E-state index contributed by atoms with van der Waals surface area (Å²) in [4.78, 5) is 2.38. The lowest BCUT2D eigenvalue weighted by Crippen LogP contribution is -2.52. The molecule has 0 bridgehead atoms. The molecular formula is C15H23BrN2O. The van der Waals surface area contributed by atoms with E-state index >= 15 is 0 Å². The van der Waals surface area contributed by atoms with Gasteiger partial charge < -0.3 is 15.4 Å². The third kappa shape index (κ3) is 3.50. The van der Waals surface area contributed by atoms with Crippen molar-refractivity contribution < 1.29 is 4.74 Å². The first-order chi connectivity index (χ1) is 8.78. The minimum atomic E-state index is -0.107. The largest absolute Gasteiger partial charge is 0.369 e. The predicted molar refractivity (Wildman–Crippen MR) is 83.6 cm³/mol. The van der Waals surface area contributed by atoms with Gasteiger partial charge in [0.25, 0.3) is 0 Å². The van der Waals surface area contributed by atoms with Crippen LogP contribution < -0.4 is 10.6 Å². The Labute approximate surface area is 124 Å². The fourth-order valence-corrected chi connectivity index (χ4v) is 3.46. The molecular weight excluding hydrogens is 304 g/mol. The Balaban J connectivity index is 2.24. The Morgan fingerprint density at radius 3 is 2.68 bits per heavy atom. The number of rotatable bonds is 2. The molecule has 2 atom stereocenters. The summed E-state index contributed by atoms with van der Waals surface area (Å²) >= 11 is 3.62. The molecule has 0 spiro atoms. The first-order valence-electron chi connectivity index (χ1n) is 6.76. The van der Waals surface area contributed by atoms with E-state index in [1.807, 2.05) is 6.92 Å². The van der Waals surface area contributed by atoms with E-state index in [0.29, 0.717) is 0 Å². The number of morpholine rings is 1. The first kappa shape index (κ1) is 14.8. The molecule has 1 aromatic carbocycles. The molecule has 2 N–H and O–H groups in total. The molecule has 0 aromatic heterocycles. The van der Waals surface area contributed by atoms with Crippen molar-refractivity contribution in [2.24, 2.45) is 5.73 Å². The van der Waals surface area contributed by atoms with Crippen molar-refractivity contribution in [2.45, 2.75) is 45.4 Å². The van der Waals surface area contributed by atoms with Crippen molar-refractivity contribution in [3.63, 3.8) is 0 Å². The van der Waals surface area contributed by atoms with E-state index in [1.165, 1.54) is 5.69 Å². The van der Waals surface area contributed by atoms with Crippen molar-refractivity contribution in [3.8, 4) is 0 Å². The molecule has 1 aliphatic heterocycles. The van der Waals surface area contributed by atoms with Crippen molar-refractivity contribution in [2.75, 3.05) is 18.0 Å². The maximum absolute atomic E-state index is 5.94. The third-order valence-electron chi connectivity index (χ3n) is 3.41. The monoisotopic (exact) mass is 326 g/mol. The van der Waals surface area contributed by atoms with Crippen LogP contribution in [0.3, 0.4) is 0 Å². The van der Waals surface area contributed by atoms with Crippen LogP contribution in [0.2, 0.25) is 0 Å². The molecule has 0 amide bonds. The fourth-order valence-electron chi connectivity index (χ4n) is 2.73. The van der Waals surface area contributed by atoms with Gasteiger partial charge in [0.05, 0.1) is 11.7 Å². The molecule has 3 nitrogen and oxygen atoms in total. The van der Waals surface area contributed by atoms with Crippen molar-refractivity contribution in [3.05, 3.63) is 28.2 Å². The van der Waals surface area contributed by atoms with Gasteiger partial charge in [-0.1, -0.05) is 22.0 Å². The molecule has 1 saturated heterocycles. The lowest BCUT2D eigenvalue weighted by Gasteiger charge is -2.43. The minimum absolute atomic E-state index is 0.0449. The maximum Gasteiger partial charge on any atom is 0.0805 e. The van der Waals surface area contributed by atoms with Gasteiger partial charge in [-0.05, 0) is 45.4 Å². The number of nitrogens with zero attached hydrogens (tertiary/aromatic N) is 1. The number of hydrogen-bond donors (Lipinski definition) is 1. The Hall–Kier alpha value is -0.580. The van der Waals surface area contributed by atoms with Gasteiger partial charge in [-0.2, -0.15) is 0 Å². The average Bonchev–Trinajstić information content (AvgIpc) is 2.25. The zero-order valence-corrected chi connectivity index (χ0v) is 13.7. The van der Waals surface area contributed by atoms with Gasteiger partial charge in [0.2, 0.25) is 0 Å². The zero-order valence-electron chi connectivity index (χ0n) is 12.1. The summed E-state index contributed by atoms with van der Waals surface area (Å²) in [5, 5.41) is 0. The molecule has 1 fully saturated rings. The fraction of sp³-hybridized carbons (Fsp3) is 0.600. The zero-order chi connectivity index (χ0) is 14.2. The normalized spacial score (nSPS) is 24.3. The van der Waals surface area contributed by atoms with Crippen LogP contribution >= 0.6 is 15.9 Å². The Kier molecular flexibility index (Phi) is 4.23. The van der Waals surface area contributed by atoms with Gasteiger partial charge in [0, 0.05) is 29.3 Å². The Morgan fingerprint density at radius 2 is 2.16 bits per heavy atom. The van der Waals surface area contributed by atoms with Gasteiger partial charge >= 0.3 is 0 Å². The molecule has 0 radical (unpaired) electrons. The summed E-state index contributed by atoms with van der Waals surface area (Å²) in [5.41, 5.74) is 8.20. The number of halogens is 1. The lowest BCUT2D eigenvalue weighted by molar-refractivity contribution is -0.0749. The second-order valence-electron chi connectivity index (χ2n) is 6.06. The van der Waals surface area contributed by atoms with Crippen LogP contribution in [-0.4, -0.2) is 24.8 Å². The van der Waals surface area contributed by atoms with Crippen molar-refractivity contribution in [1.82, 2.24) is 0 Å². The molecule has 0 saturated carbocycles. The smallest absolute Gasteiger partial charge is 0.0805 e. The van der Waals surface area contributed by atoms with E-state index in [1.54, 1.807) is 0 Å².